The second-order valence-electron chi connectivity index (χ2n) is 8.54. The van der Waals surface area contributed by atoms with Crippen molar-refractivity contribution in [3.8, 4) is 0 Å². The highest BCUT2D eigenvalue weighted by molar-refractivity contribution is 7.18. The van der Waals surface area contributed by atoms with Crippen LogP contribution in [-0.4, -0.2) is 52.4 Å². The van der Waals surface area contributed by atoms with E-state index in [1.54, 1.807) is 0 Å². The molecule has 1 aromatic heterocycles. The molecule has 27 heavy (non-hydrogen) atoms. The van der Waals surface area contributed by atoms with Crippen molar-refractivity contribution in [3.63, 3.8) is 0 Å². The molecule has 0 radical (unpaired) electrons. The number of likely N-dealkylation sites (tertiary alicyclic amines) is 1. The van der Waals surface area contributed by atoms with Crippen LogP contribution in [0.2, 0.25) is 0 Å². The Balaban J connectivity index is 1.18. The molecule has 5 rings (SSSR count). The lowest BCUT2D eigenvalue weighted by Gasteiger charge is -2.34. The number of nitrogens with zero attached hydrogens (tertiary/aromatic N) is 3. The number of amides is 1. The molecule has 3 fully saturated rings. The number of carbonyl (C=O) groups excluding carboxylic acids is 1. The molecule has 5 heteroatoms. The molecule has 2 saturated carbocycles. The van der Waals surface area contributed by atoms with Gasteiger partial charge in [-0.05, 0) is 63.7 Å². The minimum atomic E-state index is 0.392. The SMILES string of the molecule is O=C(CN1CCC(c2nc3ccccc3s2)CC1)N(C1CCCC1)C1CC1. The van der Waals surface area contributed by atoms with Gasteiger partial charge in [-0.3, -0.25) is 9.69 Å². The van der Waals surface area contributed by atoms with E-state index in [2.05, 4.69) is 34.1 Å². The summed E-state index contributed by atoms with van der Waals surface area (Å²) in [4.78, 5) is 22.6. The van der Waals surface area contributed by atoms with Crippen LogP contribution in [0.1, 0.15) is 62.3 Å². The molecule has 0 unspecified atom stereocenters. The molecule has 1 aliphatic heterocycles. The van der Waals surface area contributed by atoms with Gasteiger partial charge in [-0.1, -0.05) is 25.0 Å². The van der Waals surface area contributed by atoms with E-state index in [0.717, 1.165) is 31.4 Å². The standard InChI is InChI=1S/C22H29N3OS/c26-21(25(18-9-10-18)17-5-1-2-6-17)15-24-13-11-16(12-14-24)22-23-19-7-3-4-8-20(19)27-22/h3-4,7-8,16-18H,1-2,5-6,9-15H2. The average Bonchev–Trinajstić information content (AvgIpc) is 3.19. The number of para-hydroxylation sites is 1. The van der Waals surface area contributed by atoms with Gasteiger partial charge in [-0.2, -0.15) is 0 Å². The summed E-state index contributed by atoms with van der Waals surface area (Å²) in [6.45, 7) is 2.67. The molecule has 144 valence electrons. The first-order chi connectivity index (χ1) is 13.3. The smallest absolute Gasteiger partial charge is 0.237 e. The van der Waals surface area contributed by atoms with Crippen LogP contribution in [0, 0.1) is 0 Å². The van der Waals surface area contributed by atoms with Crippen LogP contribution in [0.5, 0.6) is 0 Å². The molecule has 4 nitrogen and oxygen atoms in total. The second kappa shape index (κ2) is 7.51. The molecule has 2 aromatic rings. The molecule has 1 amide bonds. The average molecular weight is 384 g/mol. The van der Waals surface area contributed by atoms with Crippen molar-refractivity contribution >= 4 is 27.5 Å². The molecule has 0 N–H and O–H groups in total. The third-order valence-corrected chi connectivity index (χ3v) is 7.75. The monoisotopic (exact) mass is 383 g/mol. The van der Waals surface area contributed by atoms with E-state index in [1.807, 2.05) is 11.3 Å². The number of carbonyl (C=O) groups is 1. The predicted octanol–water partition coefficient (Wildman–Crippen LogP) is 4.41. The van der Waals surface area contributed by atoms with Gasteiger partial charge in [0.15, 0.2) is 0 Å². The minimum absolute atomic E-state index is 0.392. The van der Waals surface area contributed by atoms with Crippen molar-refractivity contribution in [2.75, 3.05) is 19.6 Å². The molecule has 1 saturated heterocycles. The van der Waals surface area contributed by atoms with Gasteiger partial charge in [-0.25, -0.2) is 4.98 Å². The van der Waals surface area contributed by atoms with Gasteiger partial charge in [-0.15, -0.1) is 11.3 Å². The number of piperidine rings is 1. The van der Waals surface area contributed by atoms with E-state index in [0.29, 0.717) is 30.5 Å². The van der Waals surface area contributed by atoms with Crippen molar-refractivity contribution in [2.45, 2.75) is 69.4 Å². The van der Waals surface area contributed by atoms with Crippen molar-refractivity contribution in [1.29, 1.82) is 0 Å². The summed E-state index contributed by atoms with van der Waals surface area (Å²) < 4.78 is 1.29. The minimum Gasteiger partial charge on any atom is -0.336 e. The molecule has 2 heterocycles. The van der Waals surface area contributed by atoms with E-state index in [4.69, 9.17) is 4.98 Å². The summed E-state index contributed by atoms with van der Waals surface area (Å²) >= 11 is 1.85. The molecule has 1 aromatic carbocycles. The van der Waals surface area contributed by atoms with E-state index < -0.39 is 0 Å². The van der Waals surface area contributed by atoms with Crippen molar-refractivity contribution in [3.05, 3.63) is 29.3 Å². The normalized spacial score (nSPS) is 22.5. The van der Waals surface area contributed by atoms with E-state index in [-0.39, 0.29) is 0 Å². The van der Waals surface area contributed by atoms with Crippen molar-refractivity contribution in [2.24, 2.45) is 0 Å². The molecule has 0 spiro atoms. The van der Waals surface area contributed by atoms with Crippen LogP contribution < -0.4 is 0 Å². The Morgan fingerprint density at radius 2 is 1.74 bits per heavy atom. The number of hydrogen-bond donors (Lipinski definition) is 0. The molecular weight excluding hydrogens is 354 g/mol. The maximum Gasteiger partial charge on any atom is 0.237 e. The zero-order chi connectivity index (χ0) is 18.2. The van der Waals surface area contributed by atoms with Crippen LogP contribution in [0.25, 0.3) is 10.2 Å². The van der Waals surface area contributed by atoms with Gasteiger partial charge in [0.25, 0.3) is 0 Å². The highest BCUT2D eigenvalue weighted by Gasteiger charge is 2.38. The van der Waals surface area contributed by atoms with Gasteiger partial charge < -0.3 is 4.90 Å². The summed E-state index contributed by atoms with van der Waals surface area (Å²) in [6, 6.07) is 9.52. The van der Waals surface area contributed by atoms with Gasteiger partial charge in [0.1, 0.15) is 0 Å². The van der Waals surface area contributed by atoms with Crippen LogP contribution in [0.15, 0.2) is 24.3 Å². The van der Waals surface area contributed by atoms with Crippen LogP contribution >= 0.6 is 11.3 Å². The topological polar surface area (TPSA) is 36.4 Å². The molecule has 3 aliphatic rings. The first-order valence-corrected chi connectivity index (χ1v) is 11.5. The fourth-order valence-electron chi connectivity index (χ4n) is 4.92. The highest BCUT2D eigenvalue weighted by atomic mass is 32.1. The molecular formula is C22H29N3OS. The maximum atomic E-state index is 13.0. The summed E-state index contributed by atoms with van der Waals surface area (Å²) in [6.07, 6.45) is 9.75. The summed E-state index contributed by atoms with van der Waals surface area (Å²) in [5, 5.41) is 1.28. The Morgan fingerprint density at radius 1 is 1.04 bits per heavy atom. The zero-order valence-electron chi connectivity index (χ0n) is 16.0. The molecule has 0 atom stereocenters. The van der Waals surface area contributed by atoms with Crippen LogP contribution in [0.4, 0.5) is 0 Å². The summed E-state index contributed by atoms with van der Waals surface area (Å²) in [5.74, 6) is 0.950. The summed E-state index contributed by atoms with van der Waals surface area (Å²) in [5.41, 5.74) is 1.13. The maximum absolute atomic E-state index is 13.0. The Labute approximate surface area is 165 Å². The summed E-state index contributed by atoms with van der Waals surface area (Å²) in [7, 11) is 0. The first-order valence-electron chi connectivity index (χ1n) is 10.7. The van der Waals surface area contributed by atoms with E-state index in [1.165, 1.54) is 48.2 Å². The van der Waals surface area contributed by atoms with Gasteiger partial charge in [0, 0.05) is 18.0 Å². The number of rotatable bonds is 5. The van der Waals surface area contributed by atoms with Gasteiger partial charge in [0.2, 0.25) is 5.91 Å². The van der Waals surface area contributed by atoms with Crippen molar-refractivity contribution < 1.29 is 4.79 Å². The lowest BCUT2D eigenvalue weighted by molar-refractivity contribution is -0.135. The Hall–Kier alpha value is -1.46. The highest BCUT2D eigenvalue weighted by Crippen LogP contribution is 2.36. The van der Waals surface area contributed by atoms with E-state index in [9.17, 15) is 4.79 Å². The fourth-order valence-corrected chi connectivity index (χ4v) is 6.05. The lowest BCUT2D eigenvalue weighted by Crippen LogP contribution is -2.47. The Morgan fingerprint density at radius 3 is 2.44 bits per heavy atom. The number of thiazole rings is 1. The van der Waals surface area contributed by atoms with Gasteiger partial charge in [0.05, 0.1) is 21.8 Å². The zero-order valence-corrected chi connectivity index (χ0v) is 16.8. The second-order valence-corrected chi connectivity index (χ2v) is 9.60. The van der Waals surface area contributed by atoms with E-state index >= 15 is 0 Å². The third kappa shape index (κ3) is 3.77. The number of hydrogen-bond acceptors (Lipinski definition) is 4. The third-order valence-electron chi connectivity index (χ3n) is 6.55. The largest absolute Gasteiger partial charge is 0.336 e. The number of benzene rings is 1. The first kappa shape index (κ1) is 17.6. The van der Waals surface area contributed by atoms with Crippen LogP contribution in [-0.2, 0) is 4.79 Å². The number of fused-ring (bicyclic) bond motifs is 1. The Bertz CT molecular complexity index is 768. The van der Waals surface area contributed by atoms with Crippen molar-refractivity contribution in [1.82, 2.24) is 14.8 Å². The van der Waals surface area contributed by atoms with Gasteiger partial charge >= 0.3 is 0 Å². The molecule has 2 aliphatic carbocycles. The van der Waals surface area contributed by atoms with Crippen LogP contribution in [0.3, 0.4) is 0 Å². The molecule has 0 bridgehead atoms. The lowest BCUT2D eigenvalue weighted by atomic mass is 9.97. The number of aromatic nitrogens is 1. The Kier molecular flexibility index (Phi) is 4.91. The fraction of sp³-hybridized carbons (Fsp3) is 0.636. The predicted molar refractivity (Wildman–Crippen MR) is 110 cm³/mol. The quantitative estimate of drug-likeness (QED) is 0.767.